The molecule has 3 aromatic carbocycles. The zero-order chi connectivity index (χ0) is 20.2. The first-order valence-electron chi connectivity index (χ1n) is 9.72. The standard InChI is InChI=1S/C24H22N2O2S/c1-2-16-7-9-17(10-8-16)13-14-25-23(27)18-11-12-22-20(15-18)26-24(28)19-5-3-4-6-21(19)29-22/h3-12,15H,2,13-14H2,1H3,(H,25,27)(H,26,28). The lowest BCUT2D eigenvalue weighted by atomic mass is 10.1. The van der Waals surface area contributed by atoms with Gasteiger partial charge in [-0.3, -0.25) is 9.59 Å². The zero-order valence-electron chi connectivity index (χ0n) is 16.2. The number of fused-ring (bicyclic) bond motifs is 2. The fraction of sp³-hybridized carbons (Fsp3) is 0.167. The monoisotopic (exact) mass is 402 g/mol. The molecule has 0 fully saturated rings. The fourth-order valence-corrected chi connectivity index (χ4v) is 4.28. The lowest BCUT2D eigenvalue weighted by molar-refractivity contribution is 0.0952. The summed E-state index contributed by atoms with van der Waals surface area (Å²) in [5, 5.41) is 5.90. The lowest BCUT2D eigenvalue weighted by Gasteiger charge is -2.10. The average Bonchev–Trinajstić information content (AvgIpc) is 2.89. The molecule has 0 saturated carbocycles. The number of carbonyl (C=O) groups is 2. The van der Waals surface area contributed by atoms with Crippen molar-refractivity contribution < 1.29 is 9.59 Å². The summed E-state index contributed by atoms with van der Waals surface area (Å²) in [5.74, 6) is -0.293. The van der Waals surface area contributed by atoms with E-state index in [1.165, 1.54) is 22.9 Å². The fourth-order valence-electron chi connectivity index (χ4n) is 3.27. The van der Waals surface area contributed by atoms with E-state index in [0.29, 0.717) is 23.4 Å². The molecule has 0 spiro atoms. The number of amides is 2. The highest BCUT2D eigenvalue weighted by atomic mass is 32.2. The average molecular weight is 403 g/mol. The smallest absolute Gasteiger partial charge is 0.256 e. The van der Waals surface area contributed by atoms with E-state index >= 15 is 0 Å². The van der Waals surface area contributed by atoms with Crippen LogP contribution in [0, 0.1) is 0 Å². The topological polar surface area (TPSA) is 58.2 Å². The summed E-state index contributed by atoms with van der Waals surface area (Å²) in [7, 11) is 0. The van der Waals surface area contributed by atoms with Crippen LogP contribution in [0.15, 0.2) is 76.5 Å². The van der Waals surface area contributed by atoms with Crippen LogP contribution in [0.1, 0.15) is 38.8 Å². The second-order valence-corrected chi connectivity index (χ2v) is 8.02. The highest BCUT2D eigenvalue weighted by Crippen LogP contribution is 2.38. The van der Waals surface area contributed by atoms with Gasteiger partial charge in [-0.2, -0.15) is 0 Å². The molecule has 0 saturated heterocycles. The van der Waals surface area contributed by atoms with Crippen LogP contribution < -0.4 is 10.6 Å². The van der Waals surface area contributed by atoms with E-state index in [1.807, 2.05) is 30.3 Å². The Morgan fingerprint density at radius 3 is 2.52 bits per heavy atom. The third kappa shape index (κ3) is 4.35. The SMILES string of the molecule is CCc1ccc(CCNC(=O)c2ccc3c(c2)NC(=O)c2ccccc2S3)cc1. The Hall–Kier alpha value is -3.05. The molecule has 0 atom stereocenters. The number of benzene rings is 3. The van der Waals surface area contributed by atoms with Gasteiger partial charge in [-0.05, 0) is 54.3 Å². The molecular formula is C24H22N2O2S. The molecule has 0 unspecified atom stereocenters. The third-order valence-corrected chi connectivity index (χ3v) is 6.12. The van der Waals surface area contributed by atoms with Crippen molar-refractivity contribution in [3.63, 3.8) is 0 Å². The van der Waals surface area contributed by atoms with Crippen LogP contribution >= 0.6 is 11.8 Å². The van der Waals surface area contributed by atoms with Crippen LogP contribution in [-0.4, -0.2) is 18.4 Å². The van der Waals surface area contributed by atoms with Crippen molar-refractivity contribution in [2.75, 3.05) is 11.9 Å². The van der Waals surface area contributed by atoms with Crippen LogP contribution in [0.2, 0.25) is 0 Å². The Bertz CT molecular complexity index is 1060. The summed E-state index contributed by atoms with van der Waals surface area (Å²) in [6, 6.07) is 21.4. The molecular weight excluding hydrogens is 380 g/mol. The van der Waals surface area contributed by atoms with Crippen molar-refractivity contribution in [2.24, 2.45) is 0 Å². The molecule has 1 aliphatic heterocycles. The molecule has 2 amide bonds. The van der Waals surface area contributed by atoms with Crippen molar-refractivity contribution >= 4 is 29.3 Å². The Kier molecular flexibility index (Phi) is 5.67. The molecule has 1 heterocycles. The normalized spacial score (nSPS) is 12.4. The summed E-state index contributed by atoms with van der Waals surface area (Å²) >= 11 is 1.53. The van der Waals surface area contributed by atoms with Gasteiger partial charge >= 0.3 is 0 Å². The summed E-state index contributed by atoms with van der Waals surface area (Å²) in [4.78, 5) is 26.9. The van der Waals surface area contributed by atoms with Gasteiger partial charge in [0.2, 0.25) is 0 Å². The predicted octanol–water partition coefficient (Wildman–Crippen LogP) is 4.94. The van der Waals surface area contributed by atoms with Crippen LogP contribution in [0.5, 0.6) is 0 Å². The van der Waals surface area contributed by atoms with Gasteiger partial charge < -0.3 is 10.6 Å². The molecule has 0 aromatic heterocycles. The molecule has 0 radical (unpaired) electrons. The number of nitrogens with one attached hydrogen (secondary N) is 2. The van der Waals surface area contributed by atoms with Crippen molar-refractivity contribution in [3.8, 4) is 0 Å². The van der Waals surface area contributed by atoms with Crippen LogP contribution in [0.4, 0.5) is 5.69 Å². The molecule has 5 heteroatoms. The molecule has 4 rings (SSSR count). The van der Waals surface area contributed by atoms with E-state index in [4.69, 9.17) is 0 Å². The second kappa shape index (κ2) is 8.53. The number of hydrogen-bond donors (Lipinski definition) is 2. The summed E-state index contributed by atoms with van der Waals surface area (Å²) in [6.45, 7) is 2.70. The van der Waals surface area contributed by atoms with E-state index in [0.717, 1.165) is 22.6 Å². The molecule has 2 N–H and O–H groups in total. The number of anilines is 1. The van der Waals surface area contributed by atoms with Crippen molar-refractivity contribution in [2.45, 2.75) is 29.6 Å². The Morgan fingerprint density at radius 1 is 0.966 bits per heavy atom. The maximum Gasteiger partial charge on any atom is 0.256 e. The quantitative estimate of drug-likeness (QED) is 0.636. The second-order valence-electron chi connectivity index (χ2n) is 6.94. The van der Waals surface area contributed by atoms with E-state index in [2.05, 4.69) is 41.8 Å². The third-order valence-electron chi connectivity index (χ3n) is 4.97. The highest BCUT2D eigenvalue weighted by molar-refractivity contribution is 7.99. The molecule has 29 heavy (non-hydrogen) atoms. The molecule has 146 valence electrons. The minimum atomic E-state index is -0.153. The maximum absolute atomic E-state index is 12.6. The number of rotatable bonds is 5. The van der Waals surface area contributed by atoms with Crippen molar-refractivity contribution in [3.05, 3.63) is 89.0 Å². The van der Waals surface area contributed by atoms with E-state index < -0.39 is 0 Å². The molecule has 4 nitrogen and oxygen atoms in total. The Morgan fingerprint density at radius 2 is 1.72 bits per heavy atom. The first-order chi connectivity index (χ1) is 14.1. The predicted molar refractivity (Wildman–Crippen MR) is 117 cm³/mol. The highest BCUT2D eigenvalue weighted by Gasteiger charge is 2.20. The van der Waals surface area contributed by atoms with E-state index in [-0.39, 0.29) is 11.8 Å². The van der Waals surface area contributed by atoms with Crippen molar-refractivity contribution in [1.29, 1.82) is 0 Å². The van der Waals surface area contributed by atoms with Gasteiger partial charge in [0.15, 0.2) is 0 Å². The van der Waals surface area contributed by atoms with Gasteiger partial charge in [0.1, 0.15) is 0 Å². The Balaban J connectivity index is 1.42. The van der Waals surface area contributed by atoms with Gasteiger partial charge in [0.05, 0.1) is 11.3 Å². The molecule has 1 aliphatic rings. The zero-order valence-corrected chi connectivity index (χ0v) is 17.0. The molecule has 3 aromatic rings. The van der Waals surface area contributed by atoms with Crippen LogP contribution in [0.3, 0.4) is 0 Å². The van der Waals surface area contributed by atoms with Gasteiger partial charge in [-0.15, -0.1) is 0 Å². The number of aryl methyl sites for hydroxylation is 1. The minimum Gasteiger partial charge on any atom is -0.352 e. The van der Waals surface area contributed by atoms with Crippen LogP contribution in [0.25, 0.3) is 0 Å². The van der Waals surface area contributed by atoms with E-state index in [9.17, 15) is 9.59 Å². The van der Waals surface area contributed by atoms with Gasteiger partial charge in [-0.1, -0.05) is 55.1 Å². The van der Waals surface area contributed by atoms with Crippen molar-refractivity contribution in [1.82, 2.24) is 5.32 Å². The van der Waals surface area contributed by atoms with Gasteiger partial charge in [0.25, 0.3) is 11.8 Å². The lowest BCUT2D eigenvalue weighted by Crippen LogP contribution is -2.25. The first kappa shape index (κ1) is 19.3. The van der Waals surface area contributed by atoms with E-state index in [1.54, 1.807) is 12.1 Å². The number of hydrogen-bond acceptors (Lipinski definition) is 3. The summed E-state index contributed by atoms with van der Waals surface area (Å²) < 4.78 is 0. The summed E-state index contributed by atoms with van der Waals surface area (Å²) in [6.07, 6.45) is 1.80. The minimum absolute atomic E-state index is 0.140. The maximum atomic E-state index is 12.6. The molecule has 0 aliphatic carbocycles. The molecule has 0 bridgehead atoms. The largest absolute Gasteiger partial charge is 0.352 e. The van der Waals surface area contributed by atoms with Gasteiger partial charge in [0, 0.05) is 21.9 Å². The summed E-state index contributed by atoms with van der Waals surface area (Å²) in [5.41, 5.74) is 4.36. The number of carbonyl (C=O) groups excluding carboxylic acids is 2. The Labute approximate surface area is 174 Å². The first-order valence-corrected chi connectivity index (χ1v) is 10.5. The van der Waals surface area contributed by atoms with Gasteiger partial charge in [-0.25, -0.2) is 0 Å². The van der Waals surface area contributed by atoms with Crippen LogP contribution in [-0.2, 0) is 12.8 Å².